The van der Waals surface area contributed by atoms with Crippen LogP contribution in [-0.2, 0) is 4.79 Å². The van der Waals surface area contributed by atoms with E-state index in [0.717, 1.165) is 6.07 Å². The number of carboxylic acids is 1. The van der Waals surface area contributed by atoms with Gasteiger partial charge in [-0.15, -0.1) is 0 Å². The maximum Gasteiger partial charge on any atom is 0.323 e. The molecular weight excluding hydrogens is 278 g/mol. The van der Waals surface area contributed by atoms with E-state index in [-0.39, 0.29) is 29.5 Å². The molecule has 0 fully saturated rings. The summed E-state index contributed by atoms with van der Waals surface area (Å²) in [6.07, 6.45) is 0. The lowest BCUT2D eigenvalue weighted by Crippen LogP contribution is -2.30. The Morgan fingerprint density at radius 3 is 2.52 bits per heavy atom. The van der Waals surface area contributed by atoms with Crippen LogP contribution in [0.25, 0.3) is 0 Å². The Morgan fingerprint density at radius 1 is 1.43 bits per heavy atom. The van der Waals surface area contributed by atoms with Crippen molar-refractivity contribution in [3.05, 3.63) is 33.9 Å². The minimum absolute atomic E-state index is 0.0917. The van der Waals surface area contributed by atoms with Crippen LogP contribution < -0.4 is 10.2 Å². The highest BCUT2D eigenvalue weighted by molar-refractivity contribution is 5.96. The van der Waals surface area contributed by atoms with E-state index < -0.39 is 16.8 Å². The average molecular weight is 295 g/mol. The SMILES string of the molecule is CC(C)NC(=O)c1ccc(N(C)CC(=O)O)c([N+](=O)[O-])c1. The number of nitro groups is 1. The van der Waals surface area contributed by atoms with E-state index in [1.54, 1.807) is 13.8 Å². The lowest BCUT2D eigenvalue weighted by atomic mass is 10.1. The molecular formula is C13H17N3O5. The van der Waals surface area contributed by atoms with E-state index in [0.29, 0.717) is 0 Å². The fraction of sp³-hybridized carbons (Fsp3) is 0.385. The van der Waals surface area contributed by atoms with Gasteiger partial charge in [0.1, 0.15) is 12.2 Å². The summed E-state index contributed by atoms with van der Waals surface area (Å²) in [4.78, 5) is 34.2. The summed E-state index contributed by atoms with van der Waals surface area (Å²) in [5, 5.41) is 22.5. The zero-order valence-electron chi connectivity index (χ0n) is 12.0. The van der Waals surface area contributed by atoms with E-state index in [9.17, 15) is 19.7 Å². The van der Waals surface area contributed by atoms with E-state index in [1.165, 1.54) is 24.1 Å². The minimum atomic E-state index is -1.10. The fourth-order valence-electron chi connectivity index (χ4n) is 1.77. The first kappa shape index (κ1) is 16.4. The molecule has 2 N–H and O–H groups in total. The van der Waals surface area contributed by atoms with Gasteiger partial charge in [-0.25, -0.2) is 0 Å². The average Bonchev–Trinajstić information content (AvgIpc) is 2.36. The van der Waals surface area contributed by atoms with Gasteiger partial charge in [-0.2, -0.15) is 0 Å². The largest absolute Gasteiger partial charge is 0.480 e. The standard InChI is InChI=1S/C13H17N3O5/c1-8(2)14-13(19)9-4-5-10(11(6-9)16(20)21)15(3)7-12(17)18/h4-6,8H,7H2,1-3H3,(H,14,19)(H,17,18). The summed E-state index contributed by atoms with van der Waals surface area (Å²) in [7, 11) is 1.43. The number of rotatable bonds is 6. The number of carboxylic acid groups (broad SMARTS) is 1. The molecule has 0 aromatic heterocycles. The van der Waals surface area contributed by atoms with Crippen molar-refractivity contribution in [1.82, 2.24) is 5.32 Å². The second-order valence-corrected chi connectivity index (χ2v) is 4.84. The summed E-state index contributed by atoms with van der Waals surface area (Å²) in [5.41, 5.74) is -0.0125. The van der Waals surface area contributed by atoms with Gasteiger partial charge in [-0.05, 0) is 26.0 Å². The molecule has 8 heteroatoms. The first-order chi connectivity index (χ1) is 9.72. The molecule has 0 radical (unpaired) electrons. The van der Waals surface area contributed by atoms with E-state index >= 15 is 0 Å². The predicted octanol–water partition coefficient (Wildman–Crippen LogP) is 1.25. The van der Waals surface area contributed by atoms with Gasteiger partial charge in [-0.3, -0.25) is 19.7 Å². The van der Waals surface area contributed by atoms with Crippen LogP contribution in [-0.4, -0.2) is 41.5 Å². The second-order valence-electron chi connectivity index (χ2n) is 4.84. The number of benzene rings is 1. The normalized spacial score (nSPS) is 10.3. The monoisotopic (exact) mass is 295 g/mol. The maximum atomic E-state index is 11.8. The Morgan fingerprint density at radius 2 is 2.05 bits per heavy atom. The number of carbonyl (C=O) groups excluding carboxylic acids is 1. The third kappa shape index (κ3) is 4.44. The summed E-state index contributed by atoms with van der Waals surface area (Å²) >= 11 is 0. The third-order valence-corrected chi connectivity index (χ3v) is 2.64. The van der Waals surface area contributed by atoms with Crippen molar-refractivity contribution in [3.8, 4) is 0 Å². The van der Waals surface area contributed by atoms with Crippen LogP contribution in [0.15, 0.2) is 18.2 Å². The highest BCUT2D eigenvalue weighted by atomic mass is 16.6. The number of carbonyl (C=O) groups is 2. The number of nitrogens with one attached hydrogen (secondary N) is 1. The lowest BCUT2D eigenvalue weighted by molar-refractivity contribution is -0.384. The molecule has 0 aliphatic carbocycles. The van der Waals surface area contributed by atoms with Crippen molar-refractivity contribution < 1.29 is 19.6 Å². The smallest absolute Gasteiger partial charge is 0.323 e. The quantitative estimate of drug-likeness (QED) is 0.603. The van der Waals surface area contributed by atoms with Gasteiger partial charge in [0.05, 0.1) is 4.92 Å². The molecule has 0 aliphatic rings. The Balaban J connectivity index is 3.16. The van der Waals surface area contributed by atoms with Crippen molar-refractivity contribution in [2.75, 3.05) is 18.5 Å². The predicted molar refractivity (Wildman–Crippen MR) is 76.6 cm³/mol. The molecule has 0 unspecified atom stereocenters. The van der Waals surface area contributed by atoms with Gasteiger partial charge in [0.15, 0.2) is 0 Å². The van der Waals surface area contributed by atoms with Crippen molar-refractivity contribution in [2.45, 2.75) is 19.9 Å². The van der Waals surface area contributed by atoms with Crippen LogP contribution in [0.4, 0.5) is 11.4 Å². The van der Waals surface area contributed by atoms with E-state index in [1.807, 2.05) is 0 Å². The maximum absolute atomic E-state index is 11.8. The molecule has 0 spiro atoms. The number of nitrogens with zero attached hydrogens (tertiary/aromatic N) is 2. The number of anilines is 1. The number of hydrogen-bond acceptors (Lipinski definition) is 5. The van der Waals surface area contributed by atoms with Gasteiger partial charge in [0.2, 0.25) is 0 Å². The molecule has 1 amide bonds. The number of nitro benzene ring substituents is 1. The molecule has 1 rings (SSSR count). The molecule has 1 aromatic rings. The lowest BCUT2D eigenvalue weighted by Gasteiger charge is -2.17. The first-order valence-electron chi connectivity index (χ1n) is 6.24. The van der Waals surface area contributed by atoms with Crippen molar-refractivity contribution in [3.63, 3.8) is 0 Å². The summed E-state index contributed by atoms with van der Waals surface area (Å²) in [6, 6.07) is 3.85. The van der Waals surface area contributed by atoms with Crippen LogP contribution >= 0.6 is 0 Å². The highest BCUT2D eigenvalue weighted by Gasteiger charge is 2.21. The van der Waals surface area contributed by atoms with Gasteiger partial charge in [0.25, 0.3) is 11.6 Å². The minimum Gasteiger partial charge on any atom is -0.480 e. The molecule has 0 saturated carbocycles. The van der Waals surface area contributed by atoms with E-state index in [2.05, 4.69) is 5.32 Å². The summed E-state index contributed by atoms with van der Waals surface area (Å²) in [5.74, 6) is -1.52. The van der Waals surface area contributed by atoms with Crippen LogP contribution in [0, 0.1) is 10.1 Å². The van der Waals surface area contributed by atoms with Gasteiger partial charge in [-0.1, -0.05) is 0 Å². The Hall–Kier alpha value is -2.64. The van der Waals surface area contributed by atoms with Crippen molar-refractivity contribution in [2.24, 2.45) is 0 Å². The second kappa shape index (κ2) is 6.69. The molecule has 114 valence electrons. The van der Waals surface area contributed by atoms with Gasteiger partial charge < -0.3 is 15.3 Å². The number of likely N-dealkylation sites (N-methyl/N-ethyl adjacent to an activating group) is 1. The number of hydrogen-bond donors (Lipinski definition) is 2. The van der Waals surface area contributed by atoms with Crippen molar-refractivity contribution >= 4 is 23.3 Å². The Bertz CT molecular complexity index is 571. The number of amides is 1. The Labute approximate surface area is 121 Å². The molecule has 1 aromatic carbocycles. The molecule has 0 atom stereocenters. The van der Waals surface area contributed by atoms with Crippen LogP contribution in [0.5, 0.6) is 0 Å². The van der Waals surface area contributed by atoms with E-state index in [4.69, 9.17) is 5.11 Å². The molecule has 8 nitrogen and oxygen atoms in total. The zero-order chi connectivity index (χ0) is 16.2. The Kier molecular flexibility index (Phi) is 5.23. The van der Waals surface area contributed by atoms with Crippen LogP contribution in [0.1, 0.15) is 24.2 Å². The van der Waals surface area contributed by atoms with Gasteiger partial charge in [0, 0.05) is 24.7 Å². The fourth-order valence-corrected chi connectivity index (χ4v) is 1.77. The first-order valence-corrected chi connectivity index (χ1v) is 6.24. The highest BCUT2D eigenvalue weighted by Crippen LogP contribution is 2.28. The summed E-state index contributed by atoms with van der Waals surface area (Å²) in [6.45, 7) is 3.18. The molecule has 0 bridgehead atoms. The van der Waals surface area contributed by atoms with Gasteiger partial charge >= 0.3 is 5.97 Å². The topological polar surface area (TPSA) is 113 Å². The van der Waals surface area contributed by atoms with Crippen LogP contribution in [0.3, 0.4) is 0 Å². The zero-order valence-corrected chi connectivity index (χ0v) is 12.0. The molecule has 0 heterocycles. The van der Waals surface area contributed by atoms with Crippen LogP contribution in [0.2, 0.25) is 0 Å². The third-order valence-electron chi connectivity index (χ3n) is 2.64. The molecule has 0 aliphatic heterocycles. The number of aliphatic carboxylic acids is 1. The molecule has 21 heavy (non-hydrogen) atoms. The van der Waals surface area contributed by atoms with Crippen molar-refractivity contribution in [1.29, 1.82) is 0 Å². The molecule has 0 saturated heterocycles. The summed E-state index contributed by atoms with van der Waals surface area (Å²) < 4.78 is 0.